The lowest BCUT2D eigenvalue weighted by molar-refractivity contribution is -0.198. The third kappa shape index (κ3) is 3.11. The van der Waals surface area contributed by atoms with Crippen molar-refractivity contribution in [2.24, 2.45) is 5.41 Å². The second-order valence-electron chi connectivity index (χ2n) is 7.96. The second kappa shape index (κ2) is 4.84. The van der Waals surface area contributed by atoms with Crippen LogP contribution in [-0.2, 0) is 4.79 Å². The number of halogens is 3. The topological polar surface area (TPSA) is 43.8 Å². The molecule has 1 saturated heterocycles. The zero-order chi connectivity index (χ0) is 16.3. The first-order valence-electron chi connectivity index (χ1n) is 7.83. The monoisotopic (exact) mass is 320 g/mol. The Morgan fingerprint density at radius 3 is 2.18 bits per heavy atom. The van der Waals surface area contributed by atoms with Crippen molar-refractivity contribution < 1.29 is 23.1 Å². The molecule has 7 heteroatoms. The van der Waals surface area contributed by atoms with Crippen LogP contribution in [0.5, 0.6) is 0 Å². The maximum absolute atomic E-state index is 12.7. The Hall–Kier alpha value is -0.820. The fraction of sp³-hybridized carbons (Fsp3) is 0.933. The van der Waals surface area contributed by atoms with Crippen molar-refractivity contribution in [3.05, 3.63) is 0 Å². The minimum Gasteiger partial charge on any atom is -0.389 e. The number of alkyl halides is 3. The van der Waals surface area contributed by atoms with Crippen molar-refractivity contribution in [3.8, 4) is 0 Å². The van der Waals surface area contributed by atoms with Crippen molar-refractivity contribution in [1.29, 1.82) is 0 Å². The summed E-state index contributed by atoms with van der Waals surface area (Å²) in [5, 5.41) is 9.78. The zero-order valence-electron chi connectivity index (χ0n) is 13.0. The van der Waals surface area contributed by atoms with Gasteiger partial charge in [-0.05, 0) is 44.9 Å². The van der Waals surface area contributed by atoms with Crippen LogP contribution in [-0.4, -0.2) is 64.3 Å². The molecule has 1 heterocycles. The SMILES string of the molecule is CC(C)(O)CN1CC2(CC(N(C(=O)C(F)(F)F)C3CC3)C2)C1. The van der Waals surface area contributed by atoms with E-state index in [-0.39, 0.29) is 17.5 Å². The fourth-order valence-electron chi connectivity index (χ4n) is 4.09. The van der Waals surface area contributed by atoms with Crippen LogP contribution in [0.3, 0.4) is 0 Å². The quantitative estimate of drug-likeness (QED) is 0.859. The zero-order valence-corrected chi connectivity index (χ0v) is 13.0. The smallest absolute Gasteiger partial charge is 0.389 e. The standard InChI is InChI=1S/C15H23F3N2O2/c1-13(2,22)7-19-8-14(9-19)5-11(6-14)20(10-3-4-10)12(21)15(16,17)18/h10-11,22H,3-9H2,1-2H3. The molecule has 1 amide bonds. The van der Waals surface area contributed by atoms with Gasteiger partial charge < -0.3 is 10.0 Å². The summed E-state index contributed by atoms with van der Waals surface area (Å²) in [6.45, 7) is 5.70. The van der Waals surface area contributed by atoms with Gasteiger partial charge in [-0.15, -0.1) is 0 Å². The van der Waals surface area contributed by atoms with Gasteiger partial charge in [0.05, 0.1) is 5.60 Å². The van der Waals surface area contributed by atoms with Gasteiger partial charge in [0.25, 0.3) is 0 Å². The molecule has 1 N–H and O–H groups in total. The number of likely N-dealkylation sites (tertiary alicyclic amines) is 1. The number of carbonyl (C=O) groups excluding carboxylic acids is 1. The van der Waals surface area contributed by atoms with Crippen LogP contribution in [0.15, 0.2) is 0 Å². The highest BCUT2D eigenvalue weighted by atomic mass is 19.4. The summed E-state index contributed by atoms with van der Waals surface area (Å²) in [5.74, 6) is -1.66. The van der Waals surface area contributed by atoms with E-state index in [4.69, 9.17) is 0 Å². The molecule has 0 atom stereocenters. The molecule has 2 saturated carbocycles. The number of hydrogen-bond donors (Lipinski definition) is 1. The first-order chi connectivity index (χ1) is 9.99. The van der Waals surface area contributed by atoms with E-state index in [0.717, 1.165) is 18.0 Å². The van der Waals surface area contributed by atoms with Crippen LogP contribution in [0, 0.1) is 5.41 Å². The number of hydrogen-bond acceptors (Lipinski definition) is 3. The molecule has 0 aromatic rings. The second-order valence-corrected chi connectivity index (χ2v) is 7.96. The Morgan fingerprint density at radius 2 is 1.77 bits per heavy atom. The van der Waals surface area contributed by atoms with Crippen molar-refractivity contribution >= 4 is 5.91 Å². The Morgan fingerprint density at radius 1 is 1.23 bits per heavy atom. The third-order valence-electron chi connectivity index (χ3n) is 4.88. The van der Waals surface area contributed by atoms with Crippen LogP contribution in [0.25, 0.3) is 0 Å². The first kappa shape index (κ1) is 16.1. The minimum absolute atomic E-state index is 0.0644. The van der Waals surface area contributed by atoms with Crippen LogP contribution in [0.4, 0.5) is 13.2 Å². The first-order valence-corrected chi connectivity index (χ1v) is 7.83. The van der Waals surface area contributed by atoms with E-state index in [0.29, 0.717) is 32.2 Å². The maximum atomic E-state index is 12.7. The molecule has 0 aromatic heterocycles. The van der Waals surface area contributed by atoms with E-state index in [1.54, 1.807) is 13.8 Å². The average molecular weight is 320 g/mol. The number of aliphatic hydroxyl groups is 1. The number of carbonyl (C=O) groups is 1. The molecular formula is C15H23F3N2O2. The van der Waals surface area contributed by atoms with E-state index < -0.39 is 17.7 Å². The molecule has 3 fully saturated rings. The van der Waals surface area contributed by atoms with Gasteiger partial charge in [-0.25, -0.2) is 0 Å². The Bertz CT molecular complexity index is 454. The van der Waals surface area contributed by atoms with Crippen LogP contribution < -0.4 is 0 Å². The van der Waals surface area contributed by atoms with E-state index in [1.165, 1.54) is 0 Å². The number of amides is 1. The van der Waals surface area contributed by atoms with Crippen molar-refractivity contribution in [1.82, 2.24) is 9.80 Å². The molecule has 22 heavy (non-hydrogen) atoms. The van der Waals surface area contributed by atoms with Gasteiger partial charge in [0.15, 0.2) is 0 Å². The van der Waals surface area contributed by atoms with E-state index in [2.05, 4.69) is 4.90 Å². The molecule has 0 bridgehead atoms. The van der Waals surface area contributed by atoms with E-state index in [9.17, 15) is 23.1 Å². The number of β-amino-alcohol motifs (C(OH)–C–C–N with tert-alkyl or cyclic N) is 1. The summed E-state index contributed by atoms with van der Waals surface area (Å²) in [4.78, 5) is 14.8. The molecule has 4 nitrogen and oxygen atoms in total. The predicted molar refractivity (Wildman–Crippen MR) is 74.1 cm³/mol. The van der Waals surface area contributed by atoms with Crippen molar-refractivity contribution in [2.45, 2.75) is 63.4 Å². The summed E-state index contributed by atoms with van der Waals surface area (Å²) in [7, 11) is 0. The van der Waals surface area contributed by atoms with Gasteiger partial charge in [-0.1, -0.05) is 0 Å². The highest BCUT2D eigenvalue weighted by molar-refractivity contribution is 5.83. The lowest BCUT2D eigenvalue weighted by atomic mass is 9.60. The van der Waals surface area contributed by atoms with E-state index in [1.807, 2.05) is 0 Å². The van der Waals surface area contributed by atoms with Gasteiger partial charge >= 0.3 is 12.1 Å². The van der Waals surface area contributed by atoms with Gasteiger partial charge in [0.1, 0.15) is 0 Å². The highest BCUT2D eigenvalue weighted by Crippen LogP contribution is 2.52. The summed E-state index contributed by atoms with van der Waals surface area (Å²) in [6.07, 6.45) is -2.06. The van der Waals surface area contributed by atoms with Gasteiger partial charge in [-0.2, -0.15) is 13.2 Å². The van der Waals surface area contributed by atoms with Crippen molar-refractivity contribution in [2.75, 3.05) is 19.6 Å². The van der Waals surface area contributed by atoms with Crippen LogP contribution >= 0.6 is 0 Å². The molecule has 0 radical (unpaired) electrons. The number of nitrogens with zero attached hydrogens (tertiary/aromatic N) is 2. The molecule has 0 aromatic carbocycles. The largest absolute Gasteiger partial charge is 0.471 e. The molecule has 3 aliphatic rings. The summed E-state index contributed by atoms with van der Waals surface area (Å²) >= 11 is 0. The van der Waals surface area contributed by atoms with Crippen LogP contribution in [0.2, 0.25) is 0 Å². The Kier molecular flexibility index (Phi) is 3.53. The predicted octanol–water partition coefficient (Wildman–Crippen LogP) is 1.77. The fourth-order valence-corrected chi connectivity index (χ4v) is 4.09. The van der Waals surface area contributed by atoms with Crippen LogP contribution in [0.1, 0.15) is 39.5 Å². The molecule has 1 spiro atoms. The lowest BCUT2D eigenvalue weighted by Crippen LogP contribution is -2.69. The lowest BCUT2D eigenvalue weighted by Gasteiger charge is -2.61. The highest BCUT2D eigenvalue weighted by Gasteiger charge is 2.59. The maximum Gasteiger partial charge on any atom is 0.471 e. The molecule has 0 unspecified atom stereocenters. The molecule has 3 rings (SSSR count). The normalized spacial score (nSPS) is 25.7. The summed E-state index contributed by atoms with van der Waals surface area (Å²) in [5.41, 5.74) is -0.688. The van der Waals surface area contributed by atoms with Gasteiger partial charge in [0, 0.05) is 31.7 Å². The number of rotatable bonds is 4. The van der Waals surface area contributed by atoms with Gasteiger partial charge in [-0.3, -0.25) is 9.69 Å². The molecule has 126 valence electrons. The Balaban J connectivity index is 1.53. The third-order valence-corrected chi connectivity index (χ3v) is 4.88. The average Bonchev–Trinajstić information content (AvgIpc) is 3.03. The minimum atomic E-state index is -4.77. The summed E-state index contributed by atoms with van der Waals surface area (Å²) < 4.78 is 38.2. The van der Waals surface area contributed by atoms with Gasteiger partial charge in [0.2, 0.25) is 0 Å². The van der Waals surface area contributed by atoms with Crippen molar-refractivity contribution in [3.63, 3.8) is 0 Å². The molecule has 1 aliphatic heterocycles. The summed E-state index contributed by atoms with van der Waals surface area (Å²) in [6, 6.07) is -0.463. The molecule has 2 aliphatic carbocycles. The molecular weight excluding hydrogens is 297 g/mol. The van der Waals surface area contributed by atoms with E-state index >= 15 is 0 Å². The Labute approximate surface area is 128 Å².